The van der Waals surface area contributed by atoms with E-state index in [2.05, 4.69) is 27.3 Å². The molecule has 1 amide bonds. The largest absolute Gasteiger partial charge is 0.461 e. The number of nitrogens with zero attached hydrogens (tertiary/aromatic N) is 6. The molecule has 9 heteroatoms. The van der Waals surface area contributed by atoms with Crippen LogP contribution in [0, 0.1) is 18.3 Å². The monoisotopic (exact) mass is 592 g/mol. The molecule has 2 aliphatic carbocycles. The van der Waals surface area contributed by atoms with E-state index in [9.17, 15) is 4.79 Å². The first-order valence-electron chi connectivity index (χ1n) is 16.0. The van der Waals surface area contributed by atoms with Gasteiger partial charge in [0.25, 0.3) is 0 Å². The maximum atomic E-state index is 16.8. The third kappa shape index (κ3) is 4.37. The van der Waals surface area contributed by atoms with E-state index in [0.717, 1.165) is 50.8 Å². The topological polar surface area (TPSA) is 66.2 Å². The smallest absolute Gasteiger partial charge is 0.319 e. The van der Waals surface area contributed by atoms with Gasteiger partial charge in [-0.1, -0.05) is 30.8 Å². The van der Waals surface area contributed by atoms with Gasteiger partial charge in [-0.25, -0.2) is 11.0 Å². The summed E-state index contributed by atoms with van der Waals surface area (Å²) in [5, 5.41) is 0.613. The predicted octanol–water partition coefficient (Wildman–Crippen LogP) is 5.23. The first-order valence-corrected chi connectivity index (χ1v) is 16.0. The van der Waals surface area contributed by atoms with Crippen LogP contribution in [0.25, 0.3) is 26.9 Å². The Hall–Kier alpha value is -4.03. The van der Waals surface area contributed by atoms with E-state index in [1.165, 1.54) is 23.6 Å². The second-order valence-corrected chi connectivity index (χ2v) is 13.2. The minimum Gasteiger partial charge on any atom is -0.461 e. The molecule has 0 spiro atoms. The molecule has 3 aromatic rings. The molecule has 1 aromatic heterocycles. The lowest BCUT2D eigenvalue weighted by Gasteiger charge is -2.39. The molecular formula is C35H37FN6O2. The molecular weight excluding hydrogens is 555 g/mol. The number of ether oxygens (including phenoxy) is 1. The van der Waals surface area contributed by atoms with E-state index >= 15 is 4.39 Å². The number of hydrogen-bond donors (Lipinski definition) is 0. The number of aromatic nitrogens is 2. The van der Waals surface area contributed by atoms with E-state index in [1.807, 2.05) is 24.3 Å². The van der Waals surface area contributed by atoms with Gasteiger partial charge in [-0.2, -0.15) is 9.97 Å². The van der Waals surface area contributed by atoms with Crippen molar-refractivity contribution in [1.82, 2.24) is 19.8 Å². The Balaban J connectivity index is 1.21. The van der Waals surface area contributed by atoms with Gasteiger partial charge in [0.15, 0.2) is 5.82 Å². The lowest BCUT2D eigenvalue weighted by molar-refractivity contribution is -0.128. The van der Waals surface area contributed by atoms with Crippen molar-refractivity contribution in [3.8, 4) is 17.1 Å². The maximum absolute atomic E-state index is 16.8. The van der Waals surface area contributed by atoms with Crippen molar-refractivity contribution in [2.45, 2.75) is 56.0 Å². The minimum absolute atomic E-state index is 0.00166. The highest BCUT2D eigenvalue weighted by molar-refractivity contribution is 5.94. The molecule has 3 atom stereocenters. The molecule has 0 unspecified atom stereocenters. The summed E-state index contributed by atoms with van der Waals surface area (Å²) in [5.41, 5.74) is 4.43. The van der Waals surface area contributed by atoms with Crippen molar-refractivity contribution in [2.24, 2.45) is 5.92 Å². The number of rotatable bonds is 7. The fraction of sp³-hybridized carbons (Fsp3) is 0.486. The molecule has 4 fully saturated rings. The molecule has 3 saturated heterocycles. The Bertz CT molecular complexity index is 1710. The standard InChI is InChI=1S/C35H37FN6O2/c1-3-29(43)42-16-15-40(20-24(42)19-37-2)33-27-10-9-26(25-8-4-7-22-17-23-18-28(23)30(22)25)31(36)32(27)38-34(39-33)44-21-35-11-5-13-41(35)14-6-12-35/h3-4,7-10,23-24,28H,1,5-6,11-21H2/t23-,24+,28+/m1/s1. The van der Waals surface area contributed by atoms with Gasteiger partial charge in [0, 0.05) is 30.6 Å². The van der Waals surface area contributed by atoms with Crippen molar-refractivity contribution in [3.63, 3.8) is 0 Å². The predicted molar refractivity (Wildman–Crippen MR) is 167 cm³/mol. The van der Waals surface area contributed by atoms with Crippen LogP contribution in [0.3, 0.4) is 0 Å². The molecule has 4 heterocycles. The molecule has 3 aliphatic heterocycles. The van der Waals surface area contributed by atoms with Crippen molar-refractivity contribution >= 4 is 22.6 Å². The van der Waals surface area contributed by atoms with E-state index in [1.54, 1.807) is 4.90 Å². The summed E-state index contributed by atoms with van der Waals surface area (Å²) in [6.07, 6.45) is 8.06. The highest BCUT2D eigenvalue weighted by Gasteiger charge is 2.47. The van der Waals surface area contributed by atoms with Crippen LogP contribution in [-0.4, -0.2) is 83.1 Å². The van der Waals surface area contributed by atoms with Gasteiger partial charge in [0.05, 0.1) is 5.54 Å². The Kier molecular flexibility index (Phi) is 6.60. The first kappa shape index (κ1) is 27.5. The van der Waals surface area contributed by atoms with Gasteiger partial charge in [0.2, 0.25) is 12.5 Å². The number of hydrogen-bond acceptors (Lipinski definition) is 6. The van der Waals surface area contributed by atoms with Gasteiger partial charge >= 0.3 is 6.01 Å². The average Bonchev–Trinajstić information content (AvgIpc) is 3.33. The van der Waals surface area contributed by atoms with Gasteiger partial charge in [-0.05, 0) is 92.3 Å². The average molecular weight is 593 g/mol. The van der Waals surface area contributed by atoms with Crippen molar-refractivity contribution in [3.05, 3.63) is 71.3 Å². The molecule has 5 aliphatic rings. The number of amides is 1. The Labute approximate surface area is 257 Å². The Morgan fingerprint density at radius 2 is 1.98 bits per heavy atom. The van der Waals surface area contributed by atoms with E-state index in [0.29, 0.717) is 54.8 Å². The van der Waals surface area contributed by atoms with Crippen LogP contribution >= 0.6 is 0 Å². The Morgan fingerprint density at radius 1 is 1.14 bits per heavy atom. The molecule has 0 N–H and O–H groups in total. The second-order valence-electron chi connectivity index (χ2n) is 13.2. The highest BCUT2D eigenvalue weighted by Crippen LogP contribution is 2.58. The van der Waals surface area contributed by atoms with Crippen molar-refractivity contribution in [2.75, 3.05) is 50.8 Å². The van der Waals surface area contributed by atoms with E-state index in [-0.39, 0.29) is 41.4 Å². The molecule has 1 saturated carbocycles. The second kappa shape index (κ2) is 10.6. The lowest BCUT2D eigenvalue weighted by Crippen LogP contribution is -2.56. The summed E-state index contributed by atoms with van der Waals surface area (Å²) in [6.45, 7) is 15.3. The minimum atomic E-state index is -0.354. The molecule has 8 nitrogen and oxygen atoms in total. The first-order chi connectivity index (χ1) is 21.5. The summed E-state index contributed by atoms with van der Waals surface area (Å²) in [5.74, 6) is 1.28. The van der Waals surface area contributed by atoms with Crippen LogP contribution in [0.15, 0.2) is 43.0 Å². The van der Waals surface area contributed by atoms with Gasteiger partial charge in [-0.15, -0.1) is 0 Å². The van der Waals surface area contributed by atoms with Crippen LogP contribution in [0.5, 0.6) is 6.01 Å². The zero-order valence-electron chi connectivity index (χ0n) is 25.0. The molecule has 0 radical (unpaired) electrons. The number of anilines is 1. The number of piperazine rings is 1. The van der Waals surface area contributed by atoms with Crippen LogP contribution in [0.1, 0.15) is 49.1 Å². The van der Waals surface area contributed by atoms with Gasteiger partial charge in [-0.3, -0.25) is 9.69 Å². The third-order valence-corrected chi connectivity index (χ3v) is 10.9. The molecule has 8 rings (SSSR count). The number of benzene rings is 2. The maximum Gasteiger partial charge on any atom is 0.319 e. The van der Waals surface area contributed by atoms with Crippen LogP contribution in [0.4, 0.5) is 10.2 Å². The van der Waals surface area contributed by atoms with Crippen LogP contribution < -0.4 is 9.64 Å². The lowest BCUT2D eigenvalue weighted by atomic mass is 9.93. The van der Waals surface area contributed by atoms with E-state index < -0.39 is 0 Å². The number of fused-ring (bicyclic) bond motifs is 5. The molecule has 2 aromatic carbocycles. The van der Waals surface area contributed by atoms with Gasteiger partial charge in [0.1, 0.15) is 24.0 Å². The summed E-state index contributed by atoms with van der Waals surface area (Å²) in [6, 6.07) is 9.93. The number of halogens is 1. The van der Waals surface area contributed by atoms with Crippen LogP contribution in [0.2, 0.25) is 0 Å². The number of carbonyl (C=O) groups excluding carboxylic acids is 1. The Morgan fingerprint density at radius 3 is 2.77 bits per heavy atom. The third-order valence-electron chi connectivity index (χ3n) is 10.9. The summed E-state index contributed by atoms with van der Waals surface area (Å²) in [4.78, 5) is 32.1. The SMILES string of the molecule is [C-]#[N+]C[C@H]1CN(c2nc(OCC34CCCN3CCC4)nc3c(F)c(-c4cccc5c4[C@H]4C[C@H]4C5)ccc23)CCN1C(=O)C=C. The quantitative estimate of drug-likeness (QED) is 0.277. The number of carbonyl (C=O) groups is 1. The fourth-order valence-electron chi connectivity index (χ4n) is 8.59. The molecule has 0 bridgehead atoms. The zero-order chi connectivity index (χ0) is 30.0. The fourth-order valence-corrected chi connectivity index (χ4v) is 8.59. The van der Waals surface area contributed by atoms with Gasteiger partial charge < -0.3 is 19.4 Å². The normalized spacial score (nSPS) is 25.0. The summed E-state index contributed by atoms with van der Waals surface area (Å²) >= 11 is 0. The van der Waals surface area contributed by atoms with E-state index in [4.69, 9.17) is 21.3 Å². The van der Waals surface area contributed by atoms with Crippen LogP contribution in [-0.2, 0) is 11.2 Å². The zero-order valence-corrected chi connectivity index (χ0v) is 25.0. The summed E-state index contributed by atoms with van der Waals surface area (Å²) in [7, 11) is 0. The highest BCUT2D eigenvalue weighted by atomic mass is 19.1. The molecule has 226 valence electrons. The summed E-state index contributed by atoms with van der Waals surface area (Å²) < 4.78 is 23.2. The molecule has 44 heavy (non-hydrogen) atoms. The van der Waals surface area contributed by atoms with Crippen molar-refractivity contribution in [1.29, 1.82) is 0 Å². The van der Waals surface area contributed by atoms with Crippen molar-refractivity contribution < 1.29 is 13.9 Å².